The summed E-state index contributed by atoms with van der Waals surface area (Å²) in [6.45, 7) is 3.92. The molecule has 0 saturated carbocycles. The number of anilines is 1. The minimum Gasteiger partial charge on any atom is -0.478 e. The molecule has 15 heavy (non-hydrogen) atoms. The Morgan fingerprint density at radius 3 is 2.87 bits per heavy atom. The molecule has 0 aliphatic heterocycles. The first-order valence-electron chi connectivity index (χ1n) is 4.82. The molecule has 3 nitrogen and oxygen atoms in total. The lowest BCUT2D eigenvalue weighted by atomic mass is 10.2. The van der Waals surface area contributed by atoms with Gasteiger partial charge in [0.1, 0.15) is 0 Å². The number of carbonyl (C=O) groups is 1. The molecule has 0 saturated heterocycles. The first-order chi connectivity index (χ1) is 7.08. The lowest BCUT2D eigenvalue weighted by molar-refractivity contribution is -0.131. The fourth-order valence-corrected chi connectivity index (χ4v) is 1.27. The quantitative estimate of drug-likeness (QED) is 0.742. The molecule has 0 amide bonds. The number of benzene rings is 1. The zero-order valence-electron chi connectivity index (χ0n) is 8.90. The Hall–Kier alpha value is -1.77. The van der Waals surface area contributed by atoms with Crippen molar-refractivity contribution < 1.29 is 9.90 Å². The van der Waals surface area contributed by atoms with Crippen molar-refractivity contribution in [2.75, 3.05) is 5.32 Å². The van der Waals surface area contributed by atoms with Crippen molar-refractivity contribution in [3.05, 3.63) is 42.0 Å². The van der Waals surface area contributed by atoms with E-state index in [0.717, 1.165) is 11.8 Å². The number of nitrogens with one attached hydrogen (secondary N) is 1. The Labute approximate surface area is 89.4 Å². The monoisotopic (exact) mass is 205 g/mol. The topological polar surface area (TPSA) is 49.3 Å². The molecule has 1 atom stereocenters. The fourth-order valence-electron chi connectivity index (χ4n) is 1.27. The smallest absolute Gasteiger partial charge is 0.328 e. The van der Waals surface area contributed by atoms with Crippen molar-refractivity contribution in [1.29, 1.82) is 0 Å². The first kappa shape index (κ1) is 11.3. The van der Waals surface area contributed by atoms with E-state index in [2.05, 4.69) is 5.32 Å². The summed E-state index contributed by atoms with van der Waals surface area (Å²) in [6, 6.07) is 7.96. The first-order valence-corrected chi connectivity index (χ1v) is 4.82. The summed E-state index contributed by atoms with van der Waals surface area (Å²) in [5.74, 6) is -0.923. The molecule has 0 radical (unpaired) electrons. The molecule has 1 rings (SSSR count). The van der Waals surface area contributed by atoms with Gasteiger partial charge < -0.3 is 10.4 Å². The van der Waals surface area contributed by atoms with Crippen molar-refractivity contribution in [3.63, 3.8) is 0 Å². The molecule has 1 aromatic carbocycles. The number of carboxylic acids is 1. The van der Waals surface area contributed by atoms with Gasteiger partial charge in [-0.25, -0.2) is 4.79 Å². The van der Waals surface area contributed by atoms with E-state index in [-0.39, 0.29) is 6.04 Å². The summed E-state index contributed by atoms with van der Waals surface area (Å²) >= 11 is 0. The van der Waals surface area contributed by atoms with Crippen molar-refractivity contribution >= 4 is 11.7 Å². The second-order valence-corrected chi connectivity index (χ2v) is 3.50. The Kier molecular flexibility index (Phi) is 3.92. The molecular weight excluding hydrogens is 190 g/mol. The summed E-state index contributed by atoms with van der Waals surface area (Å²) in [7, 11) is 0. The third-order valence-electron chi connectivity index (χ3n) is 1.94. The number of rotatable bonds is 4. The van der Waals surface area contributed by atoms with Gasteiger partial charge in [0.2, 0.25) is 0 Å². The van der Waals surface area contributed by atoms with Gasteiger partial charge in [-0.05, 0) is 31.5 Å². The molecule has 0 spiro atoms. The van der Waals surface area contributed by atoms with E-state index in [1.54, 1.807) is 6.08 Å². The summed E-state index contributed by atoms with van der Waals surface area (Å²) in [5, 5.41) is 11.6. The zero-order chi connectivity index (χ0) is 11.3. The van der Waals surface area contributed by atoms with Crippen LogP contribution in [0.2, 0.25) is 0 Å². The molecule has 0 aliphatic carbocycles. The van der Waals surface area contributed by atoms with Crippen LogP contribution in [0.4, 0.5) is 5.69 Å². The summed E-state index contributed by atoms with van der Waals surface area (Å²) in [5.41, 5.74) is 2.17. The van der Waals surface area contributed by atoms with E-state index in [1.807, 2.05) is 38.1 Å². The van der Waals surface area contributed by atoms with Crippen molar-refractivity contribution in [2.24, 2.45) is 0 Å². The molecule has 0 bridgehead atoms. The molecule has 0 aliphatic rings. The highest BCUT2D eigenvalue weighted by Gasteiger charge is 1.98. The van der Waals surface area contributed by atoms with Gasteiger partial charge in [0.05, 0.1) is 0 Å². The number of aliphatic carboxylic acids is 1. The second-order valence-electron chi connectivity index (χ2n) is 3.50. The van der Waals surface area contributed by atoms with E-state index in [9.17, 15) is 4.79 Å². The molecule has 2 N–H and O–H groups in total. The zero-order valence-corrected chi connectivity index (χ0v) is 8.90. The van der Waals surface area contributed by atoms with E-state index in [1.165, 1.54) is 5.56 Å². The lowest BCUT2D eigenvalue weighted by Gasteiger charge is -2.11. The molecule has 0 aromatic heterocycles. The molecular formula is C12H15NO2. The van der Waals surface area contributed by atoms with Gasteiger partial charge in [-0.2, -0.15) is 0 Å². The van der Waals surface area contributed by atoms with E-state index in [4.69, 9.17) is 5.11 Å². The highest BCUT2D eigenvalue weighted by atomic mass is 16.4. The van der Waals surface area contributed by atoms with Crippen LogP contribution in [0.15, 0.2) is 36.4 Å². The van der Waals surface area contributed by atoms with Crippen LogP contribution in [0.1, 0.15) is 12.5 Å². The maximum atomic E-state index is 10.3. The third-order valence-corrected chi connectivity index (χ3v) is 1.94. The Bertz CT molecular complexity index is 372. The minimum absolute atomic E-state index is 0.00269. The third kappa shape index (κ3) is 4.31. The summed E-state index contributed by atoms with van der Waals surface area (Å²) < 4.78 is 0. The van der Waals surface area contributed by atoms with Gasteiger partial charge in [-0.15, -0.1) is 0 Å². The Morgan fingerprint density at radius 2 is 2.27 bits per heavy atom. The number of aryl methyl sites for hydroxylation is 1. The molecule has 1 unspecified atom stereocenters. The number of carboxylic acid groups (broad SMARTS) is 1. The van der Waals surface area contributed by atoms with Gasteiger partial charge in [0.15, 0.2) is 0 Å². The molecule has 1 aromatic rings. The largest absolute Gasteiger partial charge is 0.478 e. The predicted octanol–water partition coefficient (Wildman–Crippen LogP) is 2.44. The normalized spacial score (nSPS) is 12.7. The second kappa shape index (κ2) is 5.20. The van der Waals surface area contributed by atoms with Crippen LogP contribution in [0.5, 0.6) is 0 Å². The fraction of sp³-hybridized carbons (Fsp3) is 0.250. The van der Waals surface area contributed by atoms with Gasteiger partial charge in [0, 0.05) is 17.8 Å². The predicted molar refractivity (Wildman–Crippen MR) is 61.0 cm³/mol. The average Bonchev–Trinajstić information content (AvgIpc) is 2.15. The van der Waals surface area contributed by atoms with Crippen LogP contribution < -0.4 is 5.32 Å². The number of hydrogen-bond acceptors (Lipinski definition) is 2. The van der Waals surface area contributed by atoms with Crippen LogP contribution in [0.25, 0.3) is 0 Å². The maximum Gasteiger partial charge on any atom is 0.328 e. The maximum absolute atomic E-state index is 10.3. The lowest BCUT2D eigenvalue weighted by Crippen LogP contribution is -2.12. The van der Waals surface area contributed by atoms with Crippen molar-refractivity contribution in [2.45, 2.75) is 19.9 Å². The summed E-state index contributed by atoms with van der Waals surface area (Å²) in [6.07, 6.45) is 2.76. The molecule has 3 heteroatoms. The Morgan fingerprint density at radius 1 is 1.53 bits per heavy atom. The molecule has 0 heterocycles. The van der Waals surface area contributed by atoms with Gasteiger partial charge in [-0.1, -0.05) is 18.2 Å². The van der Waals surface area contributed by atoms with Crippen LogP contribution >= 0.6 is 0 Å². The van der Waals surface area contributed by atoms with Crippen molar-refractivity contribution in [1.82, 2.24) is 0 Å². The average molecular weight is 205 g/mol. The standard InChI is InChI=1S/C12H15NO2/c1-9-4-3-5-11(8-9)13-10(2)6-7-12(14)15/h3-8,10,13H,1-2H3,(H,14,15)/b7-6+. The SMILES string of the molecule is Cc1cccc(NC(C)/C=C/C(=O)O)c1. The van der Waals surface area contributed by atoms with E-state index < -0.39 is 5.97 Å². The van der Waals surface area contributed by atoms with Crippen LogP contribution in [0, 0.1) is 6.92 Å². The van der Waals surface area contributed by atoms with Gasteiger partial charge in [-0.3, -0.25) is 0 Å². The van der Waals surface area contributed by atoms with Crippen LogP contribution in [-0.2, 0) is 4.79 Å². The van der Waals surface area contributed by atoms with Gasteiger partial charge in [0.25, 0.3) is 0 Å². The Balaban J connectivity index is 2.58. The van der Waals surface area contributed by atoms with Gasteiger partial charge >= 0.3 is 5.97 Å². The van der Waals surface area contributed by atoms with Crippen LogP contribution in [-0.4, -0.2) is 17.1 Å². The molecule has 80 valence electrons. The summed E-state index contributed by atoms with van der Waals surface area (Å²) in [4.78, 5) is 10.3. The molecule has 0 fully saturated rings. The van der Waals surface area contributed by atoms with Crippen LogP contribution in [0.3, 0.4) is 0 Å². The van der Waals surface area contributed by atoms with E-state index in [0.29, 0.717) is 0 Å². The van der Waals surface area contributed by atoms with Crippen molar-refractivity contribution in [3.8, 4) is 0 Å². The highest BCUT2D eigenvalue weighted by molar-refractivity contribution is 5.79. The minimum atomic E-state index is -0.923. The highest BCUT2D eigenvalue weighted by Crippen LogP contribution is 2.10. The van der Waals surface area contributed by atoms with E-state index >= 15 is 0 Å². The number of hydrogen-bond donors (Lipinski definition) is 2.